The zero-order valence-corrected chi connectivity index (χ0v) is 13.1. The number of benzene rings is 2. The molecule has 0 aliphatic rings. The molecule has 0 aliphatic heterocycles. The van der Waals surface area contributed by atoms with Gasteiger partial charge in [0.25, 0.3) is 11.6 Å². The van der Waals surface area contributed by atoms with E-state index < -0.39 is 4.92 Å². The van der Waals surface area contributed by atoms with Crippen molar-refractivity contribution < 1.29 is 14.5 Å². The SMILES string of the molecule is COc1cc([N+](=O)[O-])ccc1NC(=O)c1cccc(N(C)C)c1. The van der Waals surface area contributed by atoms with E-state index in [1.807, 2.05) is 25.1 Å². The summed E-state index contributed by atoms with van der Waals surface area (Å²) < 4.78 is 5.11. The van der Waals surface area contributed by atoms with Crippen LogP contribution in [0.25, 0.3) is 0 Å². The van der Waals surface area contributed by atoms with E-state index in [1.165, 1.54) is 25.3 Å². The molecule has 120 valence electrons. The maximum absolute atomic E-state index is 12.4. The topological polar surface area (TPSA) is 84.7 Å². The van der Waals surface area contributed by atoms with Crippen molar-refractivity contribution in [2.75, 3.05) is 31.4 Å². The highest BCUT2D eigenvalue weighted by Crippen LogP contribution is 2.29. The fraction of sp³-hybridized carbons (Fsp3) is 0.188. The van der Waals surface area contributed by atoms with Gasteiger partial charge in [-0.3, -0.25) is 14.9 Å². The van der Waals surface area contributed by atoms with Crippen LogP contribution in [0.1, 0.15) is 10.4 Å². The molecule has 7 nitrogen and oxygen atoms in total. The normalized spacial score (nSPS) is 10.0. The van der Waals surface area contributed by atoms with Crippen LogP contribution in [-0.2, 0) is 0 Å². The maximum atomic E-state index is 12.4. The zero-order valence-electron chi connectivity index (χ0n) is 13.1. The number of amides is 1. The van der Waals surface area contributed by atoms with Crippen LogP contribution < -0.4 is 15.0 Å². The van der Waals surface area contributed by atoms with Crippen molar-refractivity contribution in [3.63, 3.8) is 0 Å². The second-order valence-electron chi connectivity index (χ2n) is 5.04. The van der Waals surface area contributed by atoms with Gasteiger partial charge in [-0.1, -0.05) is 6.07 Å². The molecule has 0 saturated carbocycles. The summed E-state index contributed by atoms with van der Waals surface area (Å²) >= 11 is 0. The van der Waals surface area contributed by atoms with Crippen LogP contribution in [-0.4, -0.2) is 32.0 Å². The predicted molar refractivity (Wildman–Crippen MR) is 88.4 cm³/mol. The molecule has 0 unspecified atom stereocenters. The summed E-state index contributed by atoms with van der Waals surface area (Å²) in [5, 5.41) is 13.5. The highest BCUT2D eigenvalue weighted by molar-refractivity contribution is 6.05. The van der Waals surface area contributed by atoms with Gasteiger partial charge in [-0.25, -0.2) is 0 Å². The number of nitro benzene ring substituents is 1. The van der Waals surface area contributed by atoms with E-state index >= 15 is 0 Å². The second kappa shape index (κ2) is 6.78. The van der Waals surface area contributed by atoms with Crippen molar-refractivity contribution in [3.05, 3.63) is 58.1 Å². The van der Waals surface area contributed by atoms with Gasteiger partial charge >= 0.3 is 0 Å². The summed E-state index contributed by atoms with van der Waals surface area (Å²) in [5.41, 5.74) is 1.65. The lowest BCUT2D eigenvalue weighted by molar-refractivity contribution is -0.384. The van der Waals surface area contributed by atoms with Crippen LogP contribution >= 0.6 is 0 Å². The monoisotopic (exact) mass is 315 g/mol. The lowest BCUT2D eigenvalue weighted by Crippen LogP contribution is -2.14. The summed E-state index contributed by atoms with van der Waals surface area (Å²) in [6, 6.07) is 11.2. The van der Waals surface area contributed by atoms with Gasteiger partial charge in [0.15, 0.2) is 0 Å². The van der Waals surface area contributed by atoms with E-state index in [-0.39, 0.29) is 17.3 Å². The first-order valence-corrected chi connectivity index (χ1v) is 6.83. The molecule has 2 rings (SSSR count). The van der Waals surface area contributed by atoms with Crippen molar-refractivity contribution >= 4 is 23.0 Å². The van der Waals surface area contributed by atoms with E-state index in [2.05, 4.69) is 5.32 Å². The average Bonchev–Trinajstić information content (AvgIpc) is 2.55. The third-order valence-corrected chi connectivity index (χ3v) is 3.27. The van der Waals surface area contributed by atoms with Gasteiger partial charge in [0.2, 0.25) is 0 Å². The number of hydrogen-bond donors (Lipinski definition) is 1. The maximum Gasteiger partial charge on any atom is 0.273 e. The largest absolute Gasteiger partial charge is 0.494 e. The number of nitrogens with one attached hydrogen (secondary N) is 1. The van der Waals surface area contributed by atoms with Crippen molar-refractivity contribution in [3.8, 4) is 5.75 Å². The second-order valence-corrected chi connectivity index (χ2v) is 5.04. The number of ether oxygens (including phenoxy) is 1. The van der Waals surface area contributed by atoms with Gasteiger partial charge in [0, 0.05) is 31.4 Å². The Labute approximate surface area is 133 Å². The molecule has 23 heavy (non-hydrogen) atoms. The molecule has 2 aromatic carbocycles. The molecule has 0 saturated heterocycles. The molecule has 7 heteroatoms. The van der Waals surface area contributed by atoms with Crippen molar-refractivity contribution in [1.29, 1.82) is 0 Å². The highest BCUT2D eigenvalue weighted by atomic mass is 16.6. The van der Waals surface area contributed by atoms with Crippen molar-refractivity contribution in [2.24, 2.45) is 0 Å². The summed E-state index contributed by atoms with van der Waals surface area (Å²) in [5.74, 6) is -0.0860. The van der Waals surface area contributed by atoms with E-state index in [9.17, 15) is 14.9 Å². The Bertz CT molecular complexity index is 744. The third-order valence-electron chi connectivity index (χ3n) is 3.27. The highest BCUT2D eigenvalue weighted by Gasteiger charge is 2.14. The molecule has 0 fully saturated rings. The number of anilines is 2. The molecule has 0 bridgehead atoms. The van der Waals surface area contributed by atoms with Crippen LogP contribution in [0, 0.1) is 10.1 Å². The van der Waals surface area contributed by atoms with Crippen molar-refractivity contribution in [1.82, 2.24) is 0 Å². The third kappa shape index (κ3) is 3.76. The minimum Gasteiger partial charge on any atom is -0.494 e. The van der Waals surface area contributed by atoms with Crippen LogP contribution in [0.15, 0.2) is 42.5 Å². The molecule has 1 N–H and O–H groups in total. The first-order chi connectivity index (χ1) is 10.9. The Balaban J connectivity index is 2.26. The van der Waals surface area contributed by atoms with Gasteiger partial charge in [0.05, 0.1) is 23.8 Å². The molecule has 0 radical (unpaired) electrons. The van der Waals surface area contributed by atoms with Gasteiger partial charge in [-0.15, -0.1) is 0 Å². The van der Waals surface area contributed by atoms with Gasteiger partial charge in [0.1, 0.15) is 5.75 Å². The van der Waals surface area contributed by atoms with E-state index in [1.54, 1.807) is 18.2 Å². The van der Waals surface area contributed by atoms with Crippen molar-refractivity contribution in [2.45, 2.75) is 0 Å². The standard InChI is InChI=1S/C16H17N3O4/c1-18(2)12-6-4-5-11(9-12)16(20)17-14-8-7-13(19(21)22)10-15(14)23-3/h4-10H,1-3H3,(H,17,20). The molecule has 0 aliphatic carbocycles. The summed E-state index contributed by atoms with van der Waals surface area (Å²) in [7, 11) is 5.16. The predicted octanol–water partition coefficient (Wildman–Crippen LogP) is 2.92. The lowest BCUT2D eigenvalue weighted by Gasteiger charge is -2.14. The first kappa shape index (κ1) is 16.3. The minimum atomic E-state index is -0.519. The number of hydrogen-bond acceptors (Lipinski definition) is 5. The van der Waals surface area contributed by atoms with E-state index in [4.69, 9.17) is 4.74 Å². The van der Waals surface area contributed by atoms with Crippen LogP contribution in [0.5, 0.6) is 5.75 Å². The van der Waals surface area contributed by atoms with Gasteiger partial charge < -0.3 is 15.0 Å². The fourth-order valence-corrected chi connectivity index (χ4v) is 2.02. The molecular weight excluding hydrogens is 298 g/mol. The van der Waals surface area contributed by atoms with Crippen LogP contribution in [0.4, 0.5) is 17.1 Å². The average molecular weight is 315 g/mol. The number of non-ortho nitro benzene ring substituents is 1. The van der Waals surface area contributed by atoms with E-state index in [0.717, 1.165) is 5.69 Å². The van der Waals surface area contributed by atoms with Crippen LogP contribution in [0.2, 0.25) is 0 Å². The molecule has 0 aromatic heterocycles. The molecule has 0 atom stereocenters. The minimum absolute atomic E-state index is 0.102. The summed E-state index contributed by atoms with van der Waals surface area (Å²) in [6.45, 7) is 0. The Morgan fingerprint density at radius 1 is 1.22 bits per heavy atom. The zero-order chi connectivity index (χ0) is 17.0. The number of nitro groups is 1. The molecule has 0 heterocycles. The smallest absolute Gasteiger partial charge is 0.273 e. The lowest BCUT2D eigenvalue weighted by atomic mass is 10.1. The number of carbonyl (C=O) groups excluding carboxylic acids is 1. The summed E-state index contributed by atoms with van der Waals surface area (Å²) in [6.07, 6.45) is 0. The molecular formula is C16H17N3O4. The molecule has 2 aromatic rings. The number of methoxy groups -OCH3 is 1. The van der Waals surface area contributed by atoms with E-state index in [0.29, 0.717) is 11.3 Å². The Morgan fingerprint density at radius 3 is 2.57 bits per heavy atom. The Hall–Kier alpha value is -3.09. The van der Waals surface area contributed by atoms with Gasteiger partial charge in [-0.05, 0) is 24.3 Å². The van der Waals surface area contributed by atoms with Gasteiger partial charge in [-0.2, -0.15) is 0 Å². The Morgan fingerprint density at radius 2 is 1.96 bits per heavy atom. The molecule has 0 spiro atoms. The number of carbonyl (C=O) groups is 1. The number of nitrogens with zero attached hydrogens (tertiary/aromatic N) is 2. The Kier molecular flexibility index (Phi) is 4.80. The van der Waals surface area contributed by atoms with Crippen LogP contribution in [0.3, 0.4) is 0 Å². The quantitative estimate of drug-likeness (QED) is 0.677. The fourth-order valence-electron chi connectivity index (χ4n) is 2.02. The molecule has 1 amide bonds. The summed E-state index contributed by atoms with van der Waals surface area (Å²) in [4.78, 5) is 24.5. The first-order valence-electron chi connectivity index (χ1n) is 6.83. The number of rotatable bonds is 5.